The highest BCUT2D eigenvalue weighted by molar-refractivity contribution is 5.76. The van der Waals surface area contributed by atoms with Crippen molar-refractivity contribution in [3.63, 3.8) is 0 Å². The van der Waals surface area contributed by atoms with E-state index in [9.17, 15) is 35.1 Å². The Hall–Kier alpha value is -2.12. The number of ether oxygens (including phenoxy) is 3. The van der Waals surface area contributed by atoms with Crippen LogP contribution in [0.4, 0.5) is 0 Å². The average molecular weight is 852 g/mol. The maximum absolute atomic E-state index is 12.9. The summed E-state index contributed by atoms with van der Waals surface area (Å²) in [5.74, 6) is -0.284. The monoisotopic (exact) mass is 852 g/mol. The van der Waals surface area contributed by atoms with E-state index in [4.69, 9.17) is 14.2 Å². The second-order valence-electron chi connectivity index (χ2n) is 16.8. The van der Waals surface area contributed by atoms with E-state index in [2.05, 4.69) is 43.5 Å². The molecule has 60 heavy (non-hydrogen) atoms. The number of allylic oxidation sites excluding steroid dienone is 5. The summed E-state index contributed by atoms with van der Waals surface area (Å²) in [6.07, 6.45) is 35.2. The smallest absolute Gasteiger partial charge is 0.305 e. The van der Waals surface area contributed by atoms with Crippen LogP contribution in [0.15, 0.2) is 36.5 Å². The Morgan fingerprint density at radius 2 is 1.08 bits per heavy atom. The number of carbonyl (C=O) groups is 2. The van der Waals surface area contributed by atoms with Crippen molar-refractivity contribution in [3.05, 3.63) is 36.5 Å². The predicted molar refractivity (Wildman–Crippen MR) is 241 cm³/mol. The third kappa shape index (κ3) is 30.0. The molecule has 0 aromatic rings. The second kappa shape index (κ2) is 39.7. The normalized spacial score (nSPS) is 20.7. The highest BCUT2D eigenvalue weighted by Crippen LogP contribution is 2.22. The summed E-state index contributed by atoms with van der Waals surface area (Å²) < 4.78 is 16.6. The van der Waals surface area contributed by atoms with Crippen molar-refractivity contribution >= 4 is 11.9 Å². The lowest BCUT2D eigenvalue weighted by atomic mass is 9.99. The van der Waals surface area contributed by atoms with Crippen LogP contribution < -0.4 is 5.32 Å². The molecule has 1 amide bonds. The lowest BCUT2D eigenvalue weighted by Crippen LogP contribution is -2.60. The summed E-state index contributed by atoms with van der Waals surface area (Å²) in [5, 5.41) is 53.9. The average Bonchev–Trinajstić information content (AvgIpc) is 3.24. The van der Waals surface area contributed by atoms with Gasteiger partial charge in [-0.2, -0.15) is 0 Å². The molecular weight excluding hydrogens is 763 g/mol. The molecule has 1 rings (SSSR count). The molecule has 1 aliphatic rings. The standard InChI is InChI=1S/C49H89NO10/c1-3-5-7-9-11-13-14-17-21-25-29-33-37-45(54)58-38-34-30-26-22-18-15-16-20-24-28-32-36-44(53)50-41(42(52)35-31-27-23-19-12-10-8-6-4-2)40-59-49-48(57)47(56)46(55)43(39-51)60-49/h12,18-19,22,31,35,41-43,46-49,51-52,55-57H,3-11,13-17,20-21,23-30,32-34,36-40H2,1-2H3,(H,50,53)/b19-12+,22-18-,35-31+. The first kappa shape index (κ1) is 55.9. The molecule has 11 nitrogen and oxygen atoms in total. The molecule has 0 aliphatic carbocycles. The molecule has 0 aromatic carbocycles. The maximum atomic E-state index is 12.9. The van der Waals surface area contributed by atoms with Gasteiger partial charge in [0.2, 0.25) is 5.91 Å². The van der Waals surface area contributed by atoms with E-state index >= 15 is 0 Å². The summed E-state index contributed by atoms with van der Waals surface area (Å²) >= 11 is 0. The quantitative estimate of drug-likeness (QED) is 0.0198. The molecule has 1 aliphatic heterocycles. The summed E-state index contributed by atoms with van der Waals surface area (Å²) in [6, 6.07) is -0.846. The fourth-order valence-electron chi connectivity index (χ4n) is 7.26. The first-order valence-corrected chi connectivity index (χ1v) is 24.3. The lowest BCUT2D eigenvalue weighted by molar-refractivity contribution is -0.302. The molecule has 0 radical (unpaired) electrons. The SMILES string of the molecule is CCCCC/C=C/CC/C=C/C(O)C(COC1OC(CO)C(O)C(O)C1O)NC(=O)CCCCCCC/C=C\CCCCOC(=O)CCCCCCCCCCCCCC. The zero-order valence-electron chi connectivity index (χ0n) is 37.9. The van der Waals surface area contributed by atoms with E-state index in [-0.39, 0.29) is 18.5 Å². The Morgan fingerprint density at radius 1 is 0.600 bits per heavy atom. The Morgan fingerprint density at radius 3 is 1.68 bits per heavy atom. The minimum atomic E-state index is -1.59. The van der Waals surface area contributed by atoms with Gasteiger partial charge in [-0.1, -0.05) is 153 Å². The van der Waals surface area contributed by atoms with Crippen LogP contribution in [-0.4, -0.2) is 100 Å². The van der Waals surface area contributed by atoms with Crippen LogP contribution in [0.1, 0.15) is 200 Å². The highest BCUT2D eigenvalue weighted by Gasteiger charge is 2.44. The van der Waals surface area contributed by atoms with Gasteiger partial charge < -0.3 is 45.1 Å². The summed E-state index contributed by atoms with van der Waals surface area (Å²) in [6.45, 7) is 4.14. The van der Waals surface area contributed by atoms with Gasteiger partial charge in [-0.3, -0.25) is 9.59 Å². The van der Waals surface area contributed by atoms with Crippen molar-refractivity contribution < 1.29 is 49.3 Å². The largest absolute Gasteiger partial charge is 0.466 e. The molecular formula is C49H89NO10. The van der Waals surface area contributed by atoms with Crippen LogP contribution in [-0.2, 0) is 23.8 Å². The van der Waals surface area contributed by atoms with Crippen LogP contribution in [0, 0.1) is 0 Å². The van der Waals surface area contributed by atoms with Crippen molar-refractivity contribution in [1.82, 2.24) is 5.32 Å². The molecule has 6 N–H and O–H groups in total. The zero-order chi connectivity index (χ0) is 43.9. The number of unbranched alkanes of at least 4 members (excludes halogenated alkanes) is 22. The Balaban J connectivity index is 2.21. The number of aliphatic hydroxyl groups is 5. The van der Waals surface area contributed by atoms with Crippen LogP contribution in [0.2, 0.25) is 0 Å². The molecule has 0 aromatic heterocycles. The van der Waals surface area contributed by atoms with Crippen LogP contribution >= 0.6 is 0 Å². The van der Waals surface area contributed by atoms with Crippen molar-refractivity contribution in [2.24, 2.45) is 0 Å². The predicted octanol–water partition coefficient (Wildman–Crippen LogP) is 9.21. The molecule has 1 saturated heterocycles. The fourth-order valence-corrected chi connectivity index (χ4v) is 7.26. The van der Waals surface area contributed by atoms with E-state index in [1.807, 2.05) is 6.08 Å². The molecule has 0 bridgehead atoms. The molecule has 7 unspecified atom stereocenters. The van der Waals surface area contributed by atoms with Crippen molar-refractivity contribution in [2.45, 2.75) is 243 Å². The van der Waals surface area contributed by atoms with Gasteiger partial charge >= 0.3 is 5.97 Å². The summed E-state index contributed by atoms with van der Waals surface area (Å²) in [5.41, 5.74) is 0. The van der Waals surface area contributed by atoms with Crippen molar-refractivity contribution in [1.29, 1.82) is 0 Å². The second-order valence-corrected chi connectivity index (χ2v) is 16.8. The van der Waals surface area contributed by atoms with Gasteiger partial charge in [0, 0.05) is 12.8 Å². The number of esters is 1. The minimum Gasteiger partial charge on any atom is -0.466 e. The minimum absolute atomic E-state index is 0.0591. The van der Waals surface area contributed by atoms with Gasteiger partial charge in [0.1, 0.15) is 24.4 Å². The molecule has 7 atom stereocenters. The number of carbonyl (C=O) groups excluding carboxylic acids is 2. The first-order chi connectivity index (χ1) is 29.2. The van der Waals surface area contributed by atoms with Gasteiger partial charge in [0.15, 0.2) is 6.29 Å². The third-order valence-electron chi connectivity index (χ3n) is 11.2. The topological polar surface area (TPSA) is 175 Å². The van der Waals surface area contributed by atoms with Crippen LogP contribution in [0.25, 0.3) is 0 Å². The van der Waals surface area contributed by atoms with Crippen molar-refractivity contribution in [3.8, 4) is 0 Å². The van der Waals surface area contributed by atoms with Gasteiger partial charge in [0.25, 0.3) is 0 Å². The Bertz CT molecular complexity index is 1100. The van der Waals surface area contributed by atoms with E-state index in [1.165, 1.54) is 83.5 Å². The van der Waals surface area contributed by atoms with Gasteiger partial charge in [-0.05, 0) is 70.6 Å². The van der Waals surface area contributed by atoms with Gasteiger partial charge in [-0.25, -0.2) is 0 Å². The molecule has 11 heteroatoms. The van der Waals surface area contributed by atoms with Gasteiger partial charge in [0.05, 0.1) is 32.0 Å². The number of hydrogen-bond acceptors (Lipinski definition) is 10. The van der Waals surface area contributed by atoms with Crippen LogP contribution in [0.3, 0.4) is 0 Å². The Kier molecular flexibility index (Phi) is 37.0. The zero-order valence-corrected chi connectivity index (χ0v) is 37.9. The number of aliphatic hydroxyl groups excluding tert-OH is 5. The molecule has 0 spiro atoms. The number of nitrogens with one attached hydrogen (secondary N) is 1. The number of hydrogen-bond donors (Lipinski definition) is 6. The van der Waals surface area contributed by atoms with Crippen molar-refractivity contribution in [2.75, 3.05) is 19.8 Å². The first-order valence-electron chi connectivity index (χ1n) is 24.3. The molecule has 1 fully saturated rings. The van der Waals surface area contributed by atoms with Crippen LogP contribution in [0.5, 0.6) is 0 Å². The summed E-state index contributed by atoms with van der Waals surface area (Å²) in [4.78, 5) is 24.9. The molecule has 0 saturated carbocycles. The van der Waals surface area contributed by atoms with E-state index < -0.39 is 49.5 Å². The third-order valence-corrected chi connectivity index (χ3v) is 11.2. The summed E-state index contributed by atoms with van der Waals surface area (Å²) in [7, 11) is 0. The Labute approximate surface area is 364 Å². The lowest BCUT2D eigenvalue weighted by Gasteiger charge is -2.40. The number of amides is 1. The van der Waals surface area contributed by atoms with E-state index in [0.717, 1.165) is 83.5 Å². The molecule has 350 valence electrons. The van der Waals surface area contributed by atoms with Gasteiger partial charge in [-0.15, -0.1) is 0 Å². The maximum Gasteiger partial charge on any atom is 0.305 e. The molecule has 1 heterocycles. The van der Waals surface area contributed by atoms with E-state index in [1.54, 1.807) is 6.08 Å². The highest BCUT2D eigenvalue weighted by atomic mass is 16.7. The van der Waals surface area contributed by atoms with E-state index in [0.29, 0.717) is 25.9 Å². The fraction of sp³-hybridized carbons (Fsp3) is 0.837. The number of rotatable bonds is 40.